The van der Waals surface area contributed by atoms with Crippen LogP contribution in [0.1, 0.15) is 48.4 Å². The molecule has 0 aliphatic heterocycles. The molecule has 0 spiro atoms. The van der Waals surface area contributed by atoms with E-state index in [0.717, 1.165) is 22.3 Å². The van der Waals surface area contributed by atoms with Crippen LogP contribution in [0.5, 0.6) is 0 Å². The summed E-state index contributed by atoms with van der Waals surface area (Å²) >= 11 is 3.98. The van der Waals surface area contributed by atoms with Gasteiger partial charge in [-0.1, -0.05) is 11.3 Å². The molecule has 25 heavy (non-hydrogen) atoms. The fraction of sp³-hybridized carbons (Fsp3) is 0.333. The van der Waals surface area contributed by atoms with Crippen LogP contribution < -0.4 is 0 Å². The number of carbonyl (C=O) groups is 1. The van der Waals surface area contributed by atoms with E-state index < -0.39 is 5.41 Å². The van der Waals surface area contributed by atoms with E-state index in [1.165, 1.54) is 0 Å². The van der Waals surface area contributed by atoms with Gasteiger partial charge < -0.3 is 17.7 Å². The average molecular weight is 427 g/mol. The molecular weight excluding hydrogens is 405 g/mol. The summed E-state index contributed by atoms with van der Waals surface area (Å²) < 4.78 is 5.30. The smallest absolute Gasteiger partial charge is 0.167 e. The Balaban J connectivity index is 0.00000312. The third-order valence-electron chi connectivity index (χ3n) is 4.60. The quantitative estimate of drug-likeness (QED) is 0.323. The molecule has 1 atom stereocenters. The molecule has 1 radical (unpaired) electrons. The number of benzene rings is 1. The Hall–Kier alpha value is -0.816. The van der Waals surface area contributed by atoms with Crippen molar-refractivity contribution in [2.24, 2.45) is 5.41 Å². The van der Waals surface area contributed by atoms with E-state index in [1.54, 1.807) is 13.0 Å². The van der Waals surface area contributed by atoms with Gasteiger partial charge in [-0.2, -0.15) is 6.42 Å². The van der Waals surface area contributed by atoms with Gasteiger partial charge in [-0.05, 0) is 49.6 Å². The summed E-state index contributed by atoms with van der Waals surface area (Å²) in [4.78, 5) is 12.9. The monoisotopic (exact) mass is 427 g/mol. The van der Waals surface area contributed by atoms with Gasteiger partial charge in [-0.15, -0.1) is 5.92 Å². The van der Waals surface area contributed by atoms with Gasteiger partial charge in [0.05, 0.1) is 5.57 Å². The van der Waals surface area contributed by atoms with Gasteiger partial charge in [0.15, 0.2) is 5.78 Å². The second kappa shape index (κ2) is 9.22. The van der Waals surface area contributed by atoms with Crippen LogP contribution in [0.3, 0.4) is 0 Å². The summed E-state index contributed by atoms with van der Waals surface area (Å²) in [5.41, 5.74) is 3.97. The molecule has 0 N–H and O–H groups in total. The molecule has 1 aromatic carbocycles. The molecule has 0 fully saturated rings. The number of Topliss-reactive ketones (excluding diaryl/α,β-unsaturated/α-hetero) is 1. The van der Waals surface area contributed by atoms with Gasteiger partial charge >= 0.3 is 0 Å². The van der Waals surface area contributed by atoms with Crippen LogP contribution in [0.25, 0.3) is 5.57 Å². The van der Waals surface area contributed by atoms with Crippen molar-refractivity contribution in [3.05, 3.63) is 59.7 Å². The maximum Gasteiger partial charge on any atom is 0.167 e. The van der Waals surface area contributed by atoms with E-state index in [1.807, 2.05) is 26.0 Å². The van der Waals surface area contributed by atoms with Crippen LogP contribution in [-0.4, -0.2) is 5.78 Å². The Morgan fingerprint density at radius 2 is 1.96 bits per heavy atom. The Kier molecular flexibility index (Phi) is 8.19. The molecule has 4 heteroatoms. The van der Waals surface area contributed by atoms with Gasteiger partial charge in [-0.3, -0.25) is 10.9 Å². The first kappa shape index (κ1) is 22.2. The zero-order chi connectivity index (χ0) is 17.9. The van der Waals surface area contributed by atoms with Crippen molar-refractivity contribution in [3.63, 3.8) is 0 Å². The zero-order valence-corrected chi connectivity index (χ0v) is 18.7. The van der Waals surface area contributed by atoms with Crippen molar-refractivity contribution < 1.29 is 41.7 Å². The first-order valence-corrected chi connectivity index (χ1v) is 8.25. The molecule has 1 aromatic rings. The number of thiol groups is 1. The molecule has 0 heterocycles. The van der Waals surface area contributed by atoms with Crippen molar-refractivity contribution in [1.82, 2.24) is 0 Å². The van der Waals surface area contributed by atoms with Crippen molar-refractivity contribution in [2.45, 2.75) is 40.0 Å². The Morgan fingerprint density at radius 3 is 2.40 bits per heavy atom. The van der Waals surface area contributed by atoms with Gasteiger partial charge in [0.2, 0.25) is 0 Å². The molecule has 0 bridgehead atoms. The Bertz CT molecular complexity index is 760. The van der Waals surface area contributed by atoms with Crippen LogP contribution in [0.2, 0.25) is 0 Å². The molecule has 0 amide bonds. The third kappa shape index (κ3) is 4.48. The molecule has 0 saturated heterocycles. The summed E-state index contributed by atoms with van der Waals surface area (Å²) in [6, 6.07) is 3.99. The molecule has 0 saturated carbocycles. The van der Waals surface area contributed by atoms with Crippen molar-refractivity contribution in [3.8, 4) is 11.8 Å². The molecular formula is C21H22O2SY-2. The fourth-order valence-electron chi connectivity index (χ4n) is 3.34. The van der Waals surface area contributed by atoms with Crippen LogP contribution in [0, 0.1) is 44.6 Å². The average Bonchev–Trinajstić information content (AvgIpc) is 2.55. The molecule has 1 aliphatic rings. The molecule has 2 rings (SSSR count). The summed E-state index contributed by atoms with van der Waals surface area (Å²) in [7, 11) is 0. The predicted molar refractivity (Wildman–Crippen MR) is 101 cm³/mol. The summed E-state index contributed by atoms with van der Waals surface area (Å²) in [5, 5.41) is 0. The summed E-state index contributed by atoms with van der Waals surface area (Å²) in [6.45, 7) is 15.5. The van der Waals surface area contributed by atoms with Gasteiger partial charge in [-0.25, -0.2) is 0 Å². The molecule has 1 unspecified atom stereocenters. The molecule has 1 aliphatic carbocycles. The van der Waals surface area contributed by atoms with E-state index in [4.69, 9.17) is 10.8 Å². The zero-order valence-electron chi connectivity index (χ0n) is 15.0. The largest absolute Gasteiger partial charge is 0.517 e. The minimum atomic E-state index is -0.464. The van der Waals surface area contributed by atoms with Crippen LogP contribution in [0.4, 0.5) is 0 Å². The molecule has 129 valence electrons. The Labute approximate surface area is 182 Å². The number of allylic oxidation sites excluding steroid dienone is 3. The Morgan fingerprint density at radius 1 is 1.36 bits per heavy atom. The normalized spacial score (nSPS) is 19.6. The van der Waals surface area contributed by atoms with E-state index in [2.05, 4.69) is 31.7 Å². The number of hydrogen-bond donors (Lipinski definition) is 1. The van der Waals surface area contributed by atoms with Crippen LogP contribution in [0.15, 0.2) is 24.0 Å². The number of ketones is 1. The number of carbonyl (C=O) groups excluding carboxylic acids is 1. The third-order valence-corrected chi connectivity index (χ3v) is 4.82. The number of hydrogen-bond acceptors (Lipinski definition) is 3. The molecule has 2 nitrogen and oxygen atoms in total. The number of rotatable bonds is 4. The maximum atomic E-state index is 12.9. The van der Waals surface area contributed by atoms with E-state index in [9.17, 15) is 4.79 Å². The van der Waals surface area contributed by atoms with Gasteiger partial charge in [0.1, 0.15) is 5.76 Å². The van der Waals surface area contributed by atoms with Crippen molar-refractivity contribution in [1.29, 1.82) is 0 Å². The van der Waals surface area contributed by atoms with Crippen molar-refractivity contribution >= 4 is 24.3 Å². The fourth-order valence-corrected chi connectivity index (χ4v) is 3.50. The van der Waals surface area contributed by atoms with E-state index >= 15 is 0 Å². The van der Waals surface area contributed by atoms with Gasteiger partial charge in [0, 0.05) is 64.0 Å². The van der Waals surface area contributed by atoms with E-state index in [0.29, 0.717) is 30.6 Å². The van der Waals surface area contributed by atoms with Gasteiger partial charge in [0.25, 0.3) is 0 Å². The van der Waals surface area contributed by atoms with Crippen LogP contribution in [-0.2, 0) is 41.7 Å². The topological polar surface area (TPSA) is 26.3 Å². The minimum absolute atomic E-state index is 0. The van der Waals surface area contributed by atoms with E-state index in [-0.39, 0.29) is 38.5 Å². The molecule has 0 aromatic heterocycles. The first-order chi connectivity index (χ1) is 11.4. The minimum Gasteiger partial charge on any atom is -0.517 e. The predicted octanol–water partition coefficient (Wildman–Crippen LogP) is 4.81. The SMILES string of the molecule is [CH-]=CC1(C[CH2-])CC(=O)C(c2c(C)cc(C#CC)cc2C)=C(OS)C1.[Y]. The maximum absolute atomic E-state index is 12.9. The standard InChI is InChI=1S/C21H22O2S.Y/c1-6-9-16-10-14(4)19(15(5)11-16)20-17(22)12-21(7-2,8-3)13-18(20)23-24;/h2,7,10-11,24H,3,8,12-13H2,1,4-5H3;/q-2;. The second-order valence-corrected chi connectivity index (χ2v) is 6.49. The summed E-state index contributed by atoms with van der Waals surface area (Å²) in [5.74, 6) is 6.53. The second-order valence-electron chi connectivity index (χ2n) is 6.31. The van der Waals surface area contributed by atoms with Crippen molar-refractivity contribution in [2.75, 3.05) is 0 Å². The summed E-state index contributed by atoms with van der Waals surface area (Å²) in [6.07, 6.45) is 2.96. The number of aryl methyl sites for hydroxylation is 2. The first-order valence-electron chi connectivity index (χ1n) is 7.89. The van der Waals surface area contributed by atoms with Crippen LogP contribution >= 0.6 is 12.9 Å².